The second-order valence-corrected chi connectivity index (χ2v) is 6.89. The number of aryl methyl sites for hydroxylation is 2. The maximum absolute atomic E-state index is 12.7. The van der Waals surface area contributed by atoms with Crippen LogP contribution in [0.1, 0.15) is 6.92 Å². The van der Waals surface area contributed by atoms with Crippen molar-refractivity contribution in [1.29, 1.82) is 0 Å². The van der Waals surface area contributed by atoms with Crippen molar-refractivity contribution in [2.24, 2.45) is 14.1 Å². The first kappa shape index (κ1) is 16.9. The molecule has 0 atom stereocenters. The van der Waals surface area contributed by atoms with E-state index >= 15 is 0 Å². The van der Waals surface area contributed by atoms with Crippen LogP contribution in [0.2, 0.25) is 10.0 Å². The Labute approximate surface area is 157 Å². The third-order valence-electron chi connectivity index (χ3n) is 4.58. The molecule has 0 saturated heterocycles. The summed E-state index contributed by atoms with van der Waals surface area (Å²) in [7, 11) is 3.06. The monoisotopic (exact) mass is 391 g/mol. The fraction of sp³-hybridized carbons (Fsp3) is 0.235. The summed E-state index contributed by atoms with van der Waals surface area (Å²) in [5.74, 6) is 0.571. The minimum Gasteiger partial charge on any atom is -0.310 e. The van der Waals surface area contributed by atoms with Crippen molar-refractivity contribution in [2.45, 2.75) is 13.5 Å². The standard InChI is InChI=1S/C17H15Cl2N5O2/c1-4-23-12(10-6-5-9(18)7-11(10)19)8-24-13-14(20-16(23)24)21(2)17(26)22(3)15(13)25/h5-8H,4H2,1-3H3. The van der Waals surface area contributed by atoms with Gasteiger partial charge in [0.2, 0.25) is 5.78 Å². The number of imidazole rings is 2. The Kier molecular flexibility index (Phi) is 3.75. The molecule has 0 aliphatic carbocycles. The van der Waals surface area contributed by atoms with Gasteiger partial charge in [-0.2, -0.15) is 4.98 Å². The van der Waals surface area contributed by atoms with Gasteiger partial charge in [0.1, 0.15) is 0 Å². The van der Waals surface area contributed by atoms with E-state index in [-0.39, 0.29) is 0 Å². The Morgan fingerprint density at radius 3 is 2.50 bits per heavy atom. The lowest BCUT2D eigenvalue weighted by molar-refractivity contribution is 0.707. The molecule has 9 heteroatoms. The number of hydrogen-bond donors (Lipinski definition) is 0. The molecule has 0 aliphatic rings. The van der Waals surface area contributed by atoms with E-state index in [1.165, 1.54) is 11.6 Å². The number of rotatable bonds is 2. The zero-order chi connectivity index (χ0) is 18.7. The van der Waals surface area contributed by atoms with Crippen LogP contribution in [0.5, 0.6) is 0 Å². The van der Waals surface area contributed by atoms with E-state index in [9.17, 15) is 9.59 Å². The van der Waals surface area contributed by atoms with Crippen molar-refractivity contribution in [3.8, 4) is 11.3 Å². The van der Waals surface area contributed by atoms with Crippen LogP contribution in [0.15, 0.2) is 34.0 Å². The molecule has 0 unspecified atom stereocenters. The van der Waals surface area contributed by atoms with Gasteiger partial charge in [0.25, 0.3) is 5.56 Å². The highest BCUT2D eigenvalue weighted by Gasteiger charge is 2.21. The highest BCUT2D eigenvalue weighted by molar-refractivity contribution is 6.36. The van der Waals surface area contributed by atoms with E-state index in [0.29, 0.717) is 33.5 Å². The molecule has 0 aliphatic heterocycles. The molecule has 0 amide bonds. The normalized spacial score (nSPS) is 11.7. The highest BCUT2D eigenvalue weighted by Crippen LogP contribution is 2.32. The first-order valence-electron chi connectivity index (χ1n) is 7.97. The molecule has 0 fully saturated rings. The van der Waals surface area contributed by atoms with Crippen molar-refractivity contribution in [1.82, 2.24) is 23.1 Å². The SMILES string of the molecule is CCn1c(-c2ccc(Cl)cc2Cl)cn2c3c(=O)n(C)c(=O)n(C)c3nc12. The summed E-state index contributed by atoms with van der Waals surface area (Å²) in [5, 5.41) is 1.06. The summed E-state index contributed by atoms with van der Waals surface area (Å²) < 4.78 is 6.10. The molecular weight excluding hydrogens is 377 g/mol. The van der Waals surface area contributed by atoms with Crippen molar-refractivity contribution in [3.63, 3.8) is 0 Å². The Hall–Kier alpha value is -2.51. The van der Waals surface area contributed by atoms with Crippen LogP contribution in [-0.2, 0) is 20.6 Å². The van der Waals surface area contributed by atoms with Gasteiger partial charge in [-0.15, -0.1) is 0 Å². The summed E-state index contributed by atoms with van der Waals surface area (Å²) >= 11 is 12.4. The minimum absolute atomic E-state index is 0.350. The van der Waals surface area contributed by atoms with Crippen molar-refractivity contribution >= 4 is 40.1 Å². The predicted molar refractivity (Wildman–Crippen MR) is 102 cm³/mol. The first-order valence-corrected chi connectivity index (χ1v) is 8.73. The number of hydrogen-bond acceptors (Lipinski definition) is 3. The third-order valence-corrected chi connectivity index (χ3v) is 5.13. The molecular formula is C17H15Cl2N5O2. The van der Waals surface area contributed by atoms with E-state index in [4.69, 9.17) is 23.2 Å². The van der Waals surface area contributed by atoms with E-state index in [1.54, 1.807) is 23.6 Å². The van der Waals surface area contributed by atoms with Gasteiger partial charge in [-0.25, -0.2) is 4.79 Å². The van der Waals surface area contributed by atoms with Crippen LogP contribution in [0.3, 0.4) is 0 Å². The van der Waals surface area contributed by atoms with Gasteiger partial charge in [0.15, 0.2) is 11.2 Å². The molecule has 3 aromatic heterocycles. The van der Waals surface area contributed by atoms with Crippen molar-refractivity contribution < 1.29 is 0 Å². The van der Waals surface area contributed by atoms with E-state index in [1.807, 2.05) is 23.8 Å². The topological polar surface area (TPSA) is 66.2 Å². The molecule has 0 radical (unpaired) electrons. The van der Waals surface area contributed by atoms with Crippen LogP contribution in [0.25, 0.3) is 28.2 Å². The first-order chi connectivity index (χ1) is 12.3. The minimum atomic E-state index is -0.410. The van der Waals surface area contributed by atoms with Gasteiger partial charge in [-0.1, -0.05) is 23.2 Å². The van der Waals surface area contributed by atoms with Gasteiger partial charge in [-0.3, -0.25) is 18.3 Å². The van der Waals surface area contributed by atoms with E-state index < -0.39 is 11.2 Å². The van der Waals surface area contributed by atoms with Gasteiger partial charge >= 0.3 is 5.69 Å². The predicted octanol–water partition coefficient (Wildman–Crippen LogP) is 2.68. The zero-order valence-electron chi connectivity index (χ0n) is 14.3. The quantitative estimate of drug-likeness (QED) is 0.527. The second-order valence-electron chi connectivity index (χ2n) is 6.04. The Morgan fingerprint density at radius 1 is 1.12 bits per heavy atom. The Bertz CT molecular complexity index is 1310. The molecule has 0 spiro atoms. The average Bonchev–Trinajstić information content (AvgIpc) is 3.13. The summed E-state index contributed by atoms with van der Waals surface area (Å²) in [6.07, 6.45) is 1.81. The maximum atomic E-state index is 12.7. The lowest BCUT2D eigenvalue weighted by Gasteiger charge is -2.08. The number of nitrogens with zero attached hydrogens (tertiary/aromatic N) is 5. The number of benzene rings is 1. The molecule has 1 aromatic carbocycles. The smallest absolute Gasteiger partial charge is 0.310 e. The fourth-order valence-electron chi connectivity index (χ4n) is 3.24. The Morgan fingerprint density at radius 2 is 1.85 bits per heavy atom. The van der Waals surface area contributed by atoms with Crippen LogP contribution < -0.4 is 11.2 Å². The summed E-state index contributed by atoms with van der Waals surface area (Å²) in [6.45, 7) is 2.59. The Balaban J connectivity index is 2.16. The summed E-state index contributed by atoms with van der Waals surface area (Å²) in [5.41, 5.74) is 1.50. The zero-order valence-corrected chi connectivity index (χ0v) is 15.8. The summed E-state index contributed by atoms with van der Waals surface area (Å²) in [4.78, 5) is 29.4. The van der Waals surface area contributed by atoms with Gasteiger partial charge < -0.3 is 4.57 Å². The van der Waals surface area contributed by atoms with E-state index in [2.05, 4.69) is 4.98 Å². The van der Waals surface area contributed by atoms with Gasteiger partial charge in [-0.05, 0) is 25.1 Å². The second kappa shape index (κ2) is 5.75. The van der Waals surface area contributed by atoms with Crippen LogP contribution in [0, 0.1) is 0 Å². The molecule has 0 N–H and O–H groups in total. The largest absolute Gasteiger partial charge is 0.332 e. The fourth-order valence-corrected chi connectivity index (χ4v) is 3.74. The van der Waals surface area contributed by atoms with Crippen LogP contribution >= 0.6 is 23.2 Å². The van der Waals surface area contributed by atoms with Gasteiger partial charge in [0, 0.05) is 37.4 Å². The molecule has 4 rings (SSSR count). The lowest BCUT2D eigenvalue weighted by Crippen LogP contribution is -2.37. The molecule has 7 nitrogen and oxygen atoms in total. The molecule has 4 aromatic rings. The molecule has 134 valence electrons. The third kappa shape index (κ3) is 2.17. The van der Waals surface area contributed by atoms with Crippen LogP contribution in [-0.4, -0.2) is 23.1 Å². The lowest BCUT2D eigenvalue weighted by atomic mass is 10.1. The number of fused-ring (bicyclic) bond motifs is 3. The molecule has 0 saturated carbocycles. The number of halogens is 2. The van der Waals surface area contributed by atoms with Crippen molar-refractivity contribution in [3.05, 3.63) is 55.3 Å². The molecule has 0 bridgehead atoms. The highest BCUT2D eigenvalue weighted by atomic mass is 35.5. The average molecular weight is 392 g/mol. The van der Waals surface area contributed by atoms with E-state index in [0.717, 1.165) is 15.8 Å². The number of aromatic nitrogens is 5. The maximum Gasteiger partial charge on any atom is 0.332 e. The van der Waals surface area contributed by atoms with Crippen molar-refractivity contribution in [2.75, 3.05) is 0 Å². The summed E-state index contributed by atoms with van der Waals surface area (Å²) in [6, 6.07) is 5.27. The van der Waals surface area contributed by atoms with Gasteiger partial charge in [0.05, 0.1) is 10.7 Å². The van der Waals surface area contributed by atoms with Crippen LogP contribution in [0.4, 0.5) is 0 Å². The molecule has 26 heavy (non-hydrogen) atoms. The molecule has 3 heterocycles.